The van der Waals surface area contributed by atoms with E-state index in [1.54, 1.807) is 48.5 Å². The summed E-state index contributed by atoms with van der Waals surface area (Å²) in [6.45, 7) is 3.47. The van der Waals surface area contributed by atoms with Crippen molar-refractivity contribution in [2.45, 2.75) is 26.4 Å². The van der Waals surface area contributed by atoms with Gasteiger partial charge in [-0.3, -0.25) is 10.1 Å². The molecule has 0 aliphatic carbocycles. The van der Waals surface area contributed by atoms with Crippen LogP contribution < -0.4 is 10.1 Å². The second kappa shape index (κ2) is 11.2. The molecule has 0 radical (unpaired) electrons. The molecule has 156 valence electrons. The summed E-state index contributed by atoms with van der Waals surface area (Å²) in [6, 6.07) is 13.6. The number of ether oxygens (including phenoxy) is 2. The molecule has 2 aromatic carbocycles. The van der Waals surface area contributed by atoms with Crippen LogP contribution >= 0.6 is 0 Å². The molecule has 0 heterocycles. The van der Waals surface area contributed by atoms with Crippen LogP contribution in [0.4, 0.5) is 10.5 Å². The number of rotatable bonds is 10. The Hall–Kier alpha value is -2.90. The SMILES string of the molecule is CC(=O)c1ccc(NC(=O)O[C@H](c2ccc(OCCO)cc2)[C@@H](C)CCO)cc1. The van der Waals surface area contributed by atoms with E-state index >= 15 is 0 Å². The van der Waals surface area contributed by atoms with Gasteiger partial charge in [0.25, 0.3) is 0 Å². The van der Waals surface area contributed by atoms with Crippen LogP contribution in [0.3, 0.4) is 0 Å². The van der Waals surface area contributed by atoms with Gasteiger partial charge in [0.1, 0.15) is 18.5 Å². The molecule has 0 saturated carbocycles. The van der Waals surface area contributed by atoms with Gasteiger partial charge in [0, 0.05) is 17.9 Å². The zero-order valence-corrected chi connectivity index (χ0v) is 16.6. The second-order valence-electron chi connectivity index (χ2n) is 6.72. The third-order valence-corrected chi connectivity index (χ3v) is 4.44. The third-order valence-electron chi connectivity index (χ3n) is 4.44. The molecule has 0 aromatic heterocycles. The number of nitrogens with one attached hydrogen (secondary N) is 1. The number of hydrogen-bond donors (Lipinski definition) is 3. The molecule has 7 heteroatoms. The van der Waals surface area contributed by atoms with Gasteiger partial charge in [-0.15, -0.1) is 0 Å². The van der Waals surface area contributed by atoms with Crippen LogP contribution in [-0.4, -0.2) is 41.9 Å². The summed E-state index contributed by atoms with van der Waals surface area (Å²) < 4.78 is 11.0. The largest absolute Gasteiger partial charge is 0.491 e. The van der Waals surface area contributed by atoms with E-state index in [2.05, 4.69) is 5.32 Å². The first kappa shape index (κ1) is 22.4. The monoisotopic (exact) mass is 401 g/mol. The highest BCUT2D eigenvalue weighted by molar-refractivity contribution is 5.94. The first-order chi connectivity index (χ1) is 13.9. The molecule has 0 bridgehead atoms. The average Bonchev–Trinajstić information content (AvgIpc) is 2.71. The lowest BCUT2D eigenvalue weighted by Crippen LogP contribution is -2.22. The number of Topliss-reactive ketones (excluding diaryl/α,β-unsaturated/α-hetero) is 1. The van der Waals surface area contributed by atoms with Crippen molar-refractivity contribution in [1.29, 1.82) is 0 Å². The van der Waals surface area contributed by atoms with E-state index in [0.717, 1.165) is 5.56 Å². The number of amides is 1. The minimum atomic E-state index is -0.629. The predicted octanol–water partition coefficient (Wildman–Crippen LogP) is 3.57. The van der Waals surface area contributed by atoms with E-state index in [0.29, 0.717) is 23.4 Å². The van der Waals surface area contributed by atoms with Crippen LogP contribution in [0, 0.1) is 5.92 Å². The minimum Gasteiger partial charge on any atom is -0.491 e. The maximum atomic E-state index is 12.4. The molecule has 2 aromatic rings. The van der Waals surface area contributed by atoms with Crippen molar-refractivity contribution in [2.24, 2.45) is 5.92 Å². The van der Waals surface area contributed by atoms with Crippen LogP contribution in [0.15, 0.2) is 48.5 Å². The Morgan fingerprint density at radius 3 is 2.21 bits per heavy atom. The molecular formula is C22H27NO6. The predicted molar refractivity (Wildman–Crippen MR) is 109 cm³/mol. The molecule has 0 aliphatic rings. The highest BCUT2D eigenvalue weighted by Gasteiger charge is 2.23. The van der Waals surface area contributed by atoms with Crippen molar-refractivity contribution in [1.82, 2.24) is 0 Å². The van der Waals surface area contributed by atoms with Gasteiger partial charge in [-0.2, -0.15) is 0 Å². The van der Waals surface area contributed by atoms with Gasteiger partial charge in [0.15, 0.2) is 5.78 Å². The van der Waals surface area contributed by atoms with E-state index in [-0.39, 0.29) is 31.5 Å². The number of carbonyl (C=O) groups is 2. The molecule has 0 aliphatic heterocycles. The molecule has 0 fully saturated rings. The Morgan fingerprint density at radius 2 is 1.66 bits per heavy atom. The van der Waals surface area contributed by atoms with Gasteiger partial charge in [0.2, 0.25) is 0 Å². The van der Waals surface area contributed by atoms with Crippen molar-refractivity contribution in [2.75, 3.05) is 25.1 Å². The number of hydrogen-bond acceptors (Lipinski definition) is 6. The lowest BCUT2D eigenvalue weighted by molar-refractivity contribution is 0.0667. The second-order valence-corrected chi connectivity index (χ2v) is 6.72. The van der Waals surface area contributed by atoms with Crippen LogP contribution in [0.1, 0.15) is 42.3 Å². The summed E-state index contributed by atoms with van der Waals surface area (Å²) in [5.41, 5.74) is 1.84. The van der Waals surface area contributed by atoms with Gasteiger partial charge in [-0.25, -0.2) is 4.79 Å². The fraction of sp³-hybridized carbons (Fsp3) is 0.364. The molecule has 2 atom stereocenters. The lowest BCUT2D eigenvalue weighted by atomic mass is 9.94. The number of anilines is 1. The number of carbonyl (C=O) groups excluding carboxylic acids is 2. The fourth-order valence-corrected chi connectivity index (χ4v) is 2.84. The molecule has 0 unspecified atom stereocenters. The van der Waals surface area contributed by atoms with E-state index in [1.807, 2.05) is 6.92 Å². The molecule has 1 amide bonds. The van der Waals surface area contributed by atoms with Crippen molar-refractivity contribution in [3.63, 3.8) is 0 Å². The zero-order chi connectivity index (χ0) is 21.2. The Bertz CT molecular complexity index is 788. The van der Waals surface area contributed by atoms with Gasteiger partial charge < -0.3 is 19.7 Å². The molecule has 3 N–H and O–H groups in total. The average molecular weight is 401 g/mol. The van der Waals surface area contributed by atoms with Crippen LogP contribution in [0.5, 0.6) is 5.75 Å². The van der Waals surface area contributed by atoms with E-state index in [1.165, 1.54) is 6.92 Å². The topological polar surface area (TPSA) is 105 Å². The third kappa shape index (κ3) is 6.89. The Morgan fingerprint density at radius 1 is 1.00 bits per heavy atom. The molecule has 2 rings (SSSR count). The lowest BCUT2D eigenvalue weighted by Gasteiger charge is -2.24. The summed E-state index contributed by atoms with van der Waals surface area (Å²) >= 11 is 0. The highest BCUT2D eigenvalue weighted by Crippen LogP contribution is 2.30. The summed E-state index contributed by atoms with van der Waals surface area (Å²) in [5.74, 6) is 0.435. The van der Waals surface area contributed by atoms with Crippen molar-refractivity contribution in [3.05, 3.63) is 59.7 Å². The Kier molecular flexibility index (Phi) is 8.64. The van der Waals surface area contributed by atoms with Crippen molar-refractivity contribution < 1.29 is 29.3 Å². The first-order valence-electron chi connectivity index (χ1n) is 9.47. The standard InChI is InChI=1S/C22H27NO6/c1-15(11-12-24)21(18-5-9-20(10-6-18)28-14-13-25)29-22(27)23-19-7-3-17(4-8-19)16(2)26/h3-10,15,21,24-25H,11-14H2,1-2H3,(H,23,27)/t15-,21-/m0/s1. The van der Waals surface area contributed by atoms with Gasteiger partial charge in [0.05, 0.1) is 6.61 Å². The van der Waals surface area contributed by atoms with E-state index in [4.69, 9.17) is 14.6 Å². The van der Waals surface area contributed by atoms with Crippen molar-refractivity contribution >= 4 is 17.6 Å². The number of benzene rings is 2. The number of ketones is 1. The molecule has 29 heavy (non-hydrogen) atoms. The maximum absolute atomic E-state index is 12.4. The van der Waals surface area contributed by atoms with Crippen LogP contribution in [0.2, 0.25) is 0 Å². The van der Waals surface area contributed by atoms with E-state index in [9.17, 15) is 14.7 Å². The summed E-state index contributed by atoms with van der Waals surface area (Å²) in [5, 5.41) is 20.8. The van der Waals surface area contributed by atoms with Crippen LogP contribution in [-0.2, 0) is 4.74 Å². The smallest absolute Gasteiger partial charge is 0.412 e. The Balaban J connectivity index is 2.09. The van der Waals surface area contributed by atoms with Crippen molar-refractivity contribution in [3.8, 4) is 5.75 Å². The minimum absolute atomic E-state index is 0.0210. The summed E-state index contributed by atoms with van der Waals surface area (Å²) in [4.78, 5) is 23.8. The number of aliphatic hydroxyl groups is 2. The molecule has 0 saturated heterocycles. The quantitative estimate of drug-likeness (QED) is 0.526. The van der Waals surface area contributed by atoms with Crippen LogP contribution in [0.25, 0.3) is 0 Å². The van der Waals surface area contributed by atoms with E-state index < -0.39 is 12.2 Å². The highest BCUT2D eigenvalue weighted by atomic mass is 16.6. The molecular weight excluding hydrogens is 374 g/mol. The van der Waals surface area contributed by atoms with Gasteiger partial charge in [-0.05, 0) is 61.2 Å². The Labute approximate surface area is 170 Å². The first-order valence-corrected chi connectivity index (χ1v) is 9.47. The number of aliphatic hydroxyl groups excluding tert-OH is 2. The van der Waals surface area contributed by atoms with Gasteiger partial charge >= 0.3 is 6.09 Å². The fourth-order valence-electron chi connectivity index (χ4n) is 2.84. The normalized spacial score (nSPS) is 12.7. The zero-order valence-electron chi connectivity index (χ0n) is 16.6. The van der Waals surface area contributed by atoms with Gasteiger partial charge in [-0.1, -0.05) is 19.1 Å². The summed E-state index contributed by atoms with van der Waals surface area (Å²) in [6.07, 6.45) is -0.727. The molecule has 0 spiro atoms. The molecule has 7 nitrogen and oxygen atoms in total. The summed E-state index contributed by atoms with van der Waals surface area (Å²) in [7, 11) is 0. The maximum Gasteiger partial charge on any atom is 0.412 e.